The number of aliphatic hydroxyl groups excluding tert-OH is 1. The fraction of sp³-hybridized carbons (Fsp3) is 0.444. The fourth-order valence-corrected chi connectivity index (χ4v) is 1.24. The predicted octanol–water partition coefficient (Wildman–Crippen LogP) is 1.52. The molecule has 0 amide bonds. The van der Waals surface area contributed by atoms with Gasteiger partial charge in [-0.2, -0.15) is 0 Å². The zero-order valence-electron chi connectivity index (χ0n) is 6.27. The minimum Gasteiger partial charge on any atom is -0.388 e. The van der Waals surface area contributed by atoms with Gasteiger partial charge in [0.2, 0.25) is 0 Å². The van der Waals surface area contributed by atoms with Gasteiger partial charge in [-0.05, 0) is 36.5 Å². The molecule has 1 aromatic rings. The molecular weight excluding hydrogens is 138 g/mol. The van der Waals surface area contributed by atoms with Gasteiger partial charge in [-0.15, -0.1) is 0 Å². The van der Waals surface area contributed by atoms with Crippen molar-refractivity contribution < 1.29 is 5.11 Å². The van der Waals surface area contributed by atoms with Gasteiger partial charge < -0.3 is 5.11 Å². The van der Waals surface area contributed by atoms with Crippen LogP contribution in [0, 0.1) is 5.92 Å². The Morgan fingerprint density at radius 3 is 2.55 bits per heavy atom. The maximum absolute atomic E-state index is 9.63. The van der Waals surface area contributed by atoms with Gasteiger partial charge in [0.05, 0.1) is 6.10 Å². The van der Waals surface area contributed by atoms with E-state index < -0.39 is 0 Å². The summed E-state index contributed by atoms with van der Waals surface area (Å²) in [5.41, 5.74) is 1.00. The number of rotatable bonds is 2. The number of hydrogen-bond donors (Lipinski definition) is 1. The Morgan fingerprint density at radius 1 is 1.36 bits per heavy atom. The number of aromatic nitrogens is 1. The number of aliphatic hydroxyl groups is 1. The van der Waals surface area contributed by atoms with Gasteiger partial charge >= 0.3 is 0 Å². The highest BCUT2D eigenvalue weighted by Gasteiger charge is 2.30. The first kappa shape index (κ1) is 6.80. The highest BCUT2D eigenvalue weighted by atomic mass is 16.3. The summed E-state index contributed by atoms with van der Waals surface area (Å²) in [4.78, 5) is 3.90. The molecule has 1 heterocycles. The van der Waals surface area contributed by atoms with E-state index in [1.165, 1.54) is 12.8 Å². The predicted molar refractivity (Wildman–Crippen MR) is 41.9 cm³/mol. The SMILES string of the molecule is O[C@H](c1ccncc1)C1CC1. The molecule has 11 heavy (non-hydrogen) atoms. The molecule has 0 bridgehead atoms. The quantitative estimate of drug-likeness (QED) is 0.691. The van der Waals surface area contributed by atoms with Gasteiger partial charge in [0.15, 0.2) is 0 Å². The van der Waals surface area contributed by atoms with E-state index in [0.29, 0.717) is 5.92 Å². The van der Waals surface area contributed by atoms with Gasteiger partial charge in [0.25, 0.3) is 0 Å². The molecule has 58 valence electrons. The van der Waals surface area contributed by atoms with Gasteiger partial charge in [-0.25, -0.2) is 0 Å². The summed E-state index contributed by atoms with van der Waals surface area (Å²) in [7, 11) is 0. The molecule has 1 aliphatic carbocycles. The van der Waals surface area contributed by atoms with E-state index in [-0.39, 0.29) is 6.10 Å². The first-order chi connectivity index (χ1) is 5.38. The molecule has 0 saturated heterocycles. The van der Waals surface area contributed by atoms with Crippen LogP contribution < -0.4 is 0 Å². The minimum absolute atomic E-state index is 0.252. The van der Waals surface area contributed by atoms with E-state index >= 15 is 0 Å². The lowest BCUT2D eigenvalue weighted by atomic mass is 10.1. The second-order valence-electron chi connectivity index (χ2n) is 3.06. The third-order valence-electron chi connectivity index (χ3n) is 2.12. The van der Waals surface area contributed by atoms with Crippen LogP contribution in [0.4, 0.5) is 0 Å². The summed E-state index contributed by atoms with van der Waals surface area (Å²) >= 11 is 0. The van der Waals surface area contributed by atoms with E-state index in [1.807, 2.05) is 12.1 Å². The van der Waals surface area contributed by atoms with Crippen molar-refractivity contribution in [2.24, 2.45) is 5.92 Å². The highest BCUT2D eigenvalue weighted by molar-refractivity contribution is 5.15. The molecule has 0 unspecified atom stereocenters. The molecule has 0 spiro atoms. The molecule has 0 aliphatic heterocycles. The molecule has 2 heteroatoms. The van der Waals surface area contributed by atoms with Crippen molar-refractivity contribution in [2.75, 3.05) is 0 Å². The van der Waals surface area contributed by atoms with Crippen molar-refractivity contribution in [3.8, 4) is 0 Å². The van der Waals surface area contributed by atoms with Crippen LogP contribution in [0.3, 0.4) is 0 Å². The van der Waals surface area contributed by atoms with Crippen molar-refractivity contribution in [2.45, 2.75) is 18.9 Å². The van der Waals surface area contributed by atoms with Gasteiger partial charge in [-0.3, -0.25) is 4.98 Å². The van der Waals surface area contributed by atoms with Crippen molar-refractivity contribution >= 4 is 0 Å². The molecule has 1 aromatic heterocycles. The summed E-state index contributed by atoms with van der Waals surface area (Å²) in [6.07, 6.45) is 5.53. The van der Waals surface area contributed by atoms with Crippen LogP contribution in [-0.2, 0) is 0 Å². The normalized spacial score (nSPS) is 19.7. The second-order valence-corrected chi connectivity index (χ2v) is 3.06. The molecule has 2 rings (SSSR count). The number of nitrogens with zero attached hydrogens (tertiary/aromatic N) is 1. The Morgan fingerprint density at radius 2 is 2.00 bits per heavy atom. The first-order valence-electron chi connectivity index (χ1n) is 3.96. The highest BCUT2D eigenvalue weighted by Crippen LogP contribution is 2.40. The Bertz CT molecular complexity index is 231. The summed E-state index contributed by atoms with van der Waals surface area (Å²) in [6, 6.07) is 3.76. The summed E-state index contributed by atoms with van der Waals surface area (Å²) < 4.78 is 0. The fourth-order valence-electron chi connectivity index (χ4n) is 1.24. The Balaban J connectivity index is 2.15. The molecule has 0 aromatic carbocycles. The maximum atomic E-state index is 9.63. The zero-order chi connectivity index (χ0) is 7.68. The second kappa shape index (κ2) is 2.62. The molecule has 1 N–H and O–H groups in total. The van der Waals surface area contributed by atoms with Crippen LogP contribution in [-0.4, -0.2) is 10.1 Å². The Kier molecular flexibility index (Phi) is 1.62. The lowest BCUT2D eigenvalue weighted by Crippen LogP contribution is -1.98. The average molecular weight is 149 g/mol. The monoisotopic (exact) mass is 149 g/mol. The third-order valence-corrected chi connectivity index (χ3v) is 2.12. The standard InChI is InChI=1S/C9H11NO/c11-9(7-1-2-7)8-3-5-10-6-4-8/h3-7,9,11H,1-2H2/t9-/m0/s1. The van der Waals surface area contributed by atoms with E-state index in [2.05, 4.69) is 4.98 Å². The van der Waals surface area contributed by atoms with Crippen molar-refractivity contribution in [1.82, 2.24) is 4.98 Å². The molecular formula is C9H11NO. The lowest BCUT2D eigenvalue weighted by molar-refractivity contribution is 0.153. The maximum Gasteiger partial charge on any atom is 0.0819 e. The summed E-state index contributed by atoms with van der Waals surface area (Å²) in [5.74, 6) is 0.511. The summed E-state index contributed by atoms with van der Waals surface area (Å²) in [6.45, 7) is 0. The molecule has 1 atom stereocenters. The van der Waals surface area contributed by atoms with E-state index in [9.17, 15) is 5.11 Å². The van der Waals surface area contributed by atoms with Crippen LogP contribution in [0.2, 0.25) is 0 Å². The van der Waals surface area contributed by atoms with Crippen LogP contribution in [0.15, 0.2) is 24.5 Å². The van der Waals surface area contributed by atoms with E-state index in [0.717, 1.165) is 5.56 Å². The van der Waals surface area contributed by atoms with Gasteiger partial charge in [-0.1, -0.05) is 0 Å². The minimum atomic E-state index is -0.252. The van der Waals surface area contributed by atoms with Crippen molar-refractivity contribution in [1.29, 1.82) is 0 Å². The lowest BCUT2D eigenvalue weighted by Gasteiger charge is -2.07. The summed E-state index contributed by atoms with van der Waals surface area (Å²) in [5, 5.41) is 9.63. The molecule has 1 saturated carbocycles. The number of hydrogen-bond acceptors (Lipinski definition) is 2. The molecule has 1 fully saturated rings. The van der Waals surface area contributed by atoms with Crippen LogP contribution in [0.1, 0.15) is 24.5 Å². The van der Waals surface area contributed by atoms with Gasteiger partial charge in [0, 0.05) is 12.4 Å². The third kappa shape index (κ3) is 1.40. The van der Waals surface area contributed by atoms with Crippen LogP contribution in [0.25, 0.3) is 0 Å². The Hall–Kier alpha value is -0.890. The van der Waals surface area contributed by atoms with Gasteiger partial charge in [0.1, 0.15) is 0 Å². The van der Waals surface area contributed by atoms with E-state index in [4.69, 9.17) is 0 Å². The molecule has 0 radical (unpaired) electrons. The molecule has 1 aliphatic rings. The Labute approximate surface area is 65.9 Å². The number of pyridine rings is 1. The smallest absolute Gasteiger partial charge is 0.0819 e. The van der Waals surface area contributed by atoms with Crippen molar-refractivity contribution in [3.05, 3.63) is 30.1 Å². The van der Waals surface area contributed by atoms with Crippen LogP contribution >= 0.6 is 0 Å². The van der Waals surface area contributed by atoms with E-state index in [1.54, 1.807) is 12.4 Å². The largest absolute Gasteiger partial charge is 0.388 e. The average Bonchev–Trinajstić information content (AvgIpc) is 2.87. The van der Waals surface area contributed by atoms with Crippen LogP contribution in [0.5, 0.6) is 0 Å². The first-order valence-corrected chi connectivity index (χ1v) is 3.96. The topological polar surface area (TPSA) is 33.1 Å². The van der Waals surface area contributed by atoms with Crippen molar-refractivity contribution in [3.63, 3.8) is 0 Å². The molecule has 2 nitrogen and oxygen atoms in total. The zero-order valence-corrected chi connectivity index (χ0v) is 6.27.